The van der Waals surface area contributed by atoms with Crippen molar-refractivity contribution in [1.29, 1.82) is 0 Å². The average Bonchev–Trinajstić information content (AvgIpc) is 3.11. The van der Waals surface area contributed by atoms with Gasteiger partial charge in [0.25, 0.3) is 0 Å². The Bertz CT molecular complexity index is 708. The number of carbonyl (C=O) groups excluding carboxylic acids is 1. The first-order valence-corrected chi connectivity index (χ1v) is 10.4. The van der Waals surface area contributed by atoms with Gasteiger partial charge >= 0.3 is 5.97 Å². The smallest absolute Gasteiger partial charge is 0.306 e. The number of allylic oxidation sites excluding steroid dienone is 3. The van der Waals surface area contributed by atoms with E-state index < -0.39 is 0 Å². The third kappa shape index (κ3) is 7.51. The van der Waals surface area contributed by atoms with Crippen molar-refractivity contribution >= 4 is 5.97 Å². The molecule has 0 aliphatic heterocycles. The molecule has 4 nitrogen and oxygen atoms in total. The highest BCUT2D eigenvalue weighted by Gasteiger charge is 2.15. The number of aliphatic hydroxyl groups excluding tert-OH is 1. The molecule has 0 radical (unpaired) electrons. The fraction of sp³-hybridized carbons (Fsp3) is 0.542. The van der Waals surface area contributed by atoms with Gasteiger partial charge in [-0.2, -0.15) is 0 Å². The van der Waals surface area contributed by atoms with Crippen LogP contribution in [-0.2, 0) is 22.4 Å². The molecule has 0 aromatic carbocycles. The predicted octanol–water partition coefficient (Wildman–Crippen LogP) is 5.32. The molecule has 1 N–H and O–H groups in total. The normalized spacial score (nSPS) is 18.6. The molecule has 1 unspecified atom stereocenters. The van der Waals surface area contributed by atoms with Gasteiger partial charge in [0.05, 0.1) is 12.9 Å². The SMILES string of the molecule is C=C(COC(=O)CCC)C1CC=C(C)Cc2cc(co2)CCC=C(CO)CC1. The molecule has 2 rings (SSSR count). The summed E-state index contributed by atoms with van der Waals surface area (Å²) in [6.07, 6.45) is 12.6. The van der Waals surface area contributed by atoms with Gasteiger partial charge in [-0.1, -0.05) is 31.2 Å². The summed E-state index contributed by atoms with van der Waals surface area (Å²) >= 11 is 0. The van der Waals surface area contributed by atoms with E-state index in [9.17, 15) is 9.90 Å². The lowest BCUT2D eigenvalue weighted by Gasteiger charge is -2.19. The van der Waals surface area contributed by atoms with Gasteiger partial charge in [-0.25, -0.2) is 0 Å². The number of ether oxygens (including phenoxy) is 1. The maximum Gasteiger partial charge on any atom is 0.306 e. The summed E-state index contributed by atoms with van der Waals surface area (Å²) in [5.74, 6) is 1.03. The van der Waals surface area contributed by atoms with E-state index in [1.165, 1.54) is 11.1 Å². The van der Waals surface area contributed by atoms with E-state index in [1.807, 2.05) is 13.2 Å². The molecule has 1 heterocycles. The van der Waals surface area contributed by atoms with Crippen molar-refractivity contribution in [2.45, 2.75) is 65.2 Å². The summed E-state index contributed by atoms with van der Waals surface area (Å²) in [7, 11) is 0. The third-order valence-corrected chi connectivity index (χ3v) is 5.25. The number of rotatable bonds is 6. The first kappa shape index (κ1) is 22.2. The Kier molecular flexibility index (Phi) is 9.29. The van der Waals surface area contributed by atoms with E-state index in [0.717, 1.165) is 61.9 Å². The molecular formula is C24H34O4. The summed E-state index contributed by atoms with van der Waals surface area (Å²) in [6.45, 7) is 8.63. The molecule has 1 aromatic rings. The van der Waals surface area contributed by atoms with Crippen LogP contribution in [0.4, 0.5) is 0 Å². The van der Waals surface area contributed by atoms with Gasteiger partial charge in [0.1, 0.15) is 12.4 Å². The second-order valence-electron chi connectivity index (χ2n) is 7.75. The zero-order valence-electron chi connectivity index (χ0n) is 17.3. The Morgan fingerprint density at radius 1 is 1.36 bits per heavy atom. The Morgan fingerprint density at radius 2 is 2.18 bits per heavy atom. The van der Waals surface area contributed by atoms with Crippen LogP contribution in [-0.4, -0.2) is 24.3 Å². The summed E-state index contributed by atoms with van der Waals surface area (Å²) in [4.78, 5) is 11.7. The predicted molar refractivity (Wildman–Crippen MR) is 112 cm³/mol. The molecule has 1 aliphatic rings. The van der Waals surface area contributed by atoms with E-state index in [4.69, 9.17) is 9.15 Å². The average molecular weight is 387 g/mol. The van der Waals surface area contributed by atoms with Crippen molar-refractivity contribution in [3.63, 3.8) is 0 Å². The Hall–Kier alpha value is -2.07. The van der Waals surface area contributed by atoms with E-state index in [-0.39, 0.29) is 25.1 Å². The lowest BCUT2D eigenvalue weighted by molar-refractivity contribution is -0.142. The molecule has 28 heavy (non-hydrogen) atoms. The number of fused-ring (bicyclic) bond motifs is 2. The van der Waals surface area contributed by atoms with E-state index in [0.29, 0.717) is 6.42 Å². The molecule has 4 heteroatoms. The van der Waals surface area contributed by atoms with Crippen molar-refractivity contribution in [2.75, 3.05) is 13.2 Å². The van der Waals surface area contributed by atoms with Crippen molar-refractivity contribution in [2.24, 2.45) is 5.92 Å². The zero-order chi connectivity index (χ0) is 20.4. The Balaban J connectivity index is 2.10. The van der Waals surface area contributed by atoms with Crippen molar-refractivity contribution in [1.82, 2.24) is 0 Å². The monoisotopic (exact) mass is 386 g/mol. The fourth-order valence-electron chi connectivity index (χ4n) is 3.44. The van der Waals surface area contributed by atoms with Crippen LogP contribution in [0.25, 0.3) is 0 Å². The van der Waals surface area contributed by atoms with Crippen LogP contribution in [0.15, 0.2) is 52.2 Å². The molecule has 0 fully saturated rings. The molecule has 2 bridgehead atoms. The first-order chi connectivity index (χ1) is 13.5. The maximum atomic E-state index is 11.7. The molecule has 0 saturated heterocycles. The Labute approximate surface area is 169 Å². The van der Waals surface area contributed by atoms with Crippen molar-refractivity contribution < 1.29 is 19.1 Å². The lowest BCUT2D eigenvalue weighted by atomic mass is 9.89. The quantitative estimate of drug-likeness (QED) is 0.531. The minimum Gasteiger partial charge on any atom is -0.469 e. The third-order valence-electron chi connectivity index (χ3n) is 5.25. The zero-order valence-corrected chi connectivity index (χ0v) is 17.3. The minimum atomic E-state index is -0.166. The van der Waals surface area contributed by atoms with E-state index >= 15 is 0 Å². The standard InChI is InChI=1S/C24H34O4/c1-4-6-24(26)28-16-19(3)22-11-9-18(2)13-23-14-21(17-27-23)8-5-7-20(15-25)10-12-22/h7,9,14,17,22,25H,3-6,8,10-13,15-16H2,1-2H3. The molecule has 1 aliphatic carbocycles. The van der Waals surface area contributed by atoms with E-state index in [2.05, 4.69) is 31.7 Å². The largest absolute Gasteiger partial charge is 0.469 e. The number of hydrogen-bond acceptors (Lipinski definition) is 4. The molecular weight excluding hydrogens is 352 g/mol. The second-order valence-corrected chi connectivity index (χ2v) is 7.75. The highest BCUT2D eigenvalue weighted by atomic mass is 16.5. The minimum absolute atomic E-state index is 0.0795. The topological polar surface area (TPSA) is 59.7 Å². The van der Waals surface area contributed by atoms with Crippen LogP contribution in [0.3, 0.4) is 0 Å². The second kappa shape index (κ2) is 11.7. The number of furan rings is 1. The summed E-state index contributed by atoms with van der Waals surface area (Å²) < 4.78 is 11.1. The molecule has 0 spiro atoms. The summed E-state index contributed by atoms with van der Waals surface area (Å²) in [6, 6.07) is 2.12. The van der Waals surface area contributed by atoms with Crippen LogP contribution in [0.1, 0.15) is 63.7 Å². The summed E-state index contributed by atoms with van der Waals surface area (Å²) in [5, 5.41) is 9.71. The first-order valence-electron chi connectivity index (χ1n) is 10.4. The van der Waals surface area contributed by atoms with Crippen LogP contribution in [0, 0.1) is 5.92 Å². The number of carbonyl (C=O) groups is 1. The van der Waals surface area contributed by atoms with E-state index in [1.54, 1.807) is 0 Å². The molecule has 1 aromatic heterocycles. The highest BCUT2D eigenvalue weighted by Crippen LogP contribution is 2.25. The van der Waals surface area contributed by atoms with Crippen molar-refractivity contribution in [3.05, 3.63) is 59.1 Å². The maximum absolute atomic E-state index is 11.7. The van der Waals surface area contributed by atoms with Crippen molar-refractivity contribution in [3.8, 4) is 0 Å². The van der Waals surface area contributed by atoms with Gasteiger partial charge in [-0.15, -0.1) is 0 Å². The van der Waals surface area contributed by atoms with Gasteiger partial charge in [0.2, 0.25) is 0 Å². The van der Waals surface area contributed by atoms with Gasteiger partial charge in [0, 0.05) is 12.8 Å². The summed E-state index contributed by atoms with van der Waals surface area (Å²) in [5.41, 5.74) is 4.46. The van der Waals surface area contributed by atoms with Gasteiger partial charge in [0.15, 0.2) is 0 Å². The number of hydrogen-bond donors (Lipinski definition) is 1. The van der Waals surface area contributed by atoms with Gasteiger partial charge in [-0.3, -0.25) is 4.79 Å². The number of aryl methyl sites for hydroxylation is 1. The highest BCUT2D eigenvalue weighted by molar-refractivity contribution is 5.69. The molecule has 0 amide bonds. The van der Waals surface area contributed by atoms with Crippen LogP contribution in [0.5, 0.6) is 0 Å². The number of aliphatic hydroxyl groups is 1. The lowest BCUT2D eigenvalue weighted by Crippen LogP contribution is -2.13. The molecule has 154 valence electrons. The number of esters is 1. The van der Waals surface area contributed by atoms with Gasteiger partial charge in [-0.05, 0) is 74.1 Å². The Morgan fingerprint density at radius 3 is 2.93 bits per heavy atom. The fourth-order valence-corrected chi connectivity index (χ4v) is 3.44. The molecule has 0 saturated carbocycles. The molecule has 1 atom stereocenters. The van der Waals surface area contributed by atoms with Gasteiger partial charge < -0.3 is 14.3 Å². The van der Waals surface area contributed by atoms with Crippen LogP contribution in [0.2, 0.25) is 0 Å². The van der Waals surface area contributed by atoms with Crippen LogP contribution >= 0.6 is 0 Å². The van der Waals surface area contributed by atoms with Crippen LogP contribution < -0.4 is 0 Å².